The number of hydrogen-bond acceptors (Lipinski definition) is 2. The van der Waals surface area contributed by atoms with Crippen LogP contribution < -0.4 is 5.32 Å². The molecule has 0 spiro atoms. The number of fused-ring (bicyclic) bond motifs is 1. The number of para-hydroxylation sites is 1. The van der Waals surface area contributed by atoms with Crippen LogP contribution in [0.5, 0.6) is 0 Å². The van der Waals surface area contributed by atoms with E-state index < -0.39 is 0 Å². The molecule has 1 atom stereocenters. The highest BCUT2D eigenvalue weighted by molar-refractivity contribution is 6.34. The molecular weight excluding hydrogens is 246 g/mol. The molecule has 18 heavy (non-hydrogen) atoms. The summed E-state index contributed by atoms with van der Waals surface area (Å²) in [6.45, 7) is 6.58. The minimum absolute atomic E-state index is 0.113. The summed E-state index contributed by atoms with van der Waals surface area (Å²) in [6, 6.07) is 5.89. The first-order valence-corrected chi connectivity index (χ1v) is 6.87. The van der Waals surface area contributed by atoms with E-state index in [1.807, 2.05) is 18.2 Å². The van der Waals surface area contributed by atoms with Gasteiger partial charge < -0.3 is 10.3 Å². The number of nitrogens with zero attached hydrogens (tertiary/aromatic N) is 1. The third-order valence-corrected chi connectivity index (χ3v) is 4.53. The van der Waals surface area contributed by atoms with E-state index >= 15 is 0 Å². The van der Waals surface area contributed by atoms with Gasteiger partial charge in [0.2, 0.25) is 0 Å². The number of imidazole rings is 1. The van der Waals surface area contributed by atoms with Crippen LogP contribution in [-0.2, 0) is 5.41 Å². The van der Waals surface area contributed by atoms with Gasteiger partial charge in [-0.05, 0) is 31.0 Å². The van der Waals surface area contributed by atoms with Crippen LogP contribution in [0.1, 0.15) is 26.1 Å². The third kappa shape index (κ3) is 1.65. The van der Waals surface area contributed by atoms with Crippen molar-refractivity contribution in [2.75, 3.05) is 13.1 Å². The van der Waals surface area contributed by atoms with E-state index in [0.717, 1.165) is 41.4 Å². The van der Waals surface area contributed by atoms with Crippen LogP contribution >= 0.6 is 11.6 Å². The smallest absolute Gasteiger partial charge is 0.115 e. The lowest BCUT2D eigenvalue weighted by molar-refractivity contribution is 0.321. The molecule has 0 bridgehead atoms. The maximum Gasteiger partial charge on any atom is 0.115 e. The van der Waals surface area contributed by atoms with Gasteiger partial charge in [0.15, 0.2) is 0 Å². The third-order valence-electron chi connectivity index (χ3n) is 4.23. The predicted octanol–water partition coefficient (Wildman–Crippen LogP) is 3.10. The zero-order chi connectivity index (χ0) is 12.8. The van der Waals surface area contributed by atoms with Crippen LogP contribution in [0.4, 0.5) is 0 Å². The predicted molar refractivity (Wildman–Crippen MR) is 75.1 cm³/mol. The Bertz CT molecular complexity index is 567. The fourth-order valence-corrected chi connectivity index (χ4v) is 3.13. The molecule has 2 heterocycles. The molecule has 2 aromatic rings. The van der Waals surface area contributed by atoms with Crippen LogP contribution in [0, 0.1) is 5.92 Å². The van der Waals surface area contributed by atoms with Crippen molar-refractivity contribution in [1.82, 2.24) is 15.3 Å². The Kier molecular flexibility index (Phi) is 2.83. The van der Waals surface area contributed by atoms with E-state index in [1.54, 1.807) is 0 Å². The number of aromatic amines is 1. The molecule has 0 radical (unpaired) electrons. The molecule has 3 nitrogen and oxygen atoms in total. The van der Waals surface area contributed by atoms with E-state index in [-0.39, 0.29) is 5.41 Å². The topological polar surface area (TPSA) is 40.7 Å². The van der Waals surface area contributed by atoms with Crippen molar-refractivity contribution in [3.8, 4) is 0 Å². The van der Waals surface area contributed by atoms with Crippen LogP contribution in [-0.4, -0.2) is 23.1 Å². The summed E-state index contributed by atoms with van der Waals surface area (Å²) in [5.41, 5.74) is 2.04. The summed E-state index contributed by atoms with van der Waals surface area (Å²) in [4.78, 5) is 8.23. The van der Waals surface area contributed by atoms with Gasteiger partial charge in [0.1, 0.15) is 11.3 Å². The summed E-state index contributed by atoms with van der Waals surface area (Å²) < 4.78 is 0. The summed E-state index contributed by atoms with van der Waals surface area (Å²) in [5, 5.41) is 4.18. The van der Waals surface area contributed by atoms with Gasteiger partial charge in [0, 0.05) is 12.0 Å². The average Bonchev–Trinajstić information content (AvgIpc) is 2.96. The van der Waals surface area contributed by atoms with Gasteiger partial charge in [-0.15, -0.1) is 0 Å². The molecule has 2 N–H and O–H groups in total. The SMILES string of the molecule is CC(C)C1(c2nc3c(Cl)cccc3[nH]2)CCNC1. The average molecular weight is 264 g/mol. The van der Waals surface area contributed by atoms with Gasteiger partial charge in [0.05, 0.1) is 10.5 Å². The Morgan fingerprint density at radius 2 is 2.22 bits per heavy atom. The molecule has 4 heteroatoms. The normalized spacial score (nSPS) is 24.2. The second-order valence-corrected chi connectivity index (χ2v) is 5.87. The number of aromatic nitrogens is 2. The summed E-state index contributed by atoms with van der Waals surface area (Å²) in [5.74, 6) is 1.62. The maximum atomic E-state index is 6.20. The second-order valence-electron chi connectivity index (χ2n) is 5.46. The number of H-pyrrole nitrogens is 1. The molecule has 0 amide bonds. The van der Waals surface area contributed by atoms with Crippen LogP contribution in [0.15, 0.2) is 18.2 Å². The second kappa shape index (κ2) is 4.25. The molecule has 1 unspecified atom stereocenters. The Morgan fingerprint density at radius 3 is 2.83 bits per heavy atom. The molecule has 3 rings (SSSR count). The van der Waals surface area contributed by atoms with Gasteiger partial charge in [-0.2, -0.15) is 0 Å². The Morgan fingerprint density at radius 1 is 1.39 bits per heavy atom. The number of nitrogens with one attached hydrogen (secondary N) is 2. The zero-order valence-electron chi connectivity index (χ0n) is 10.8. The van der Waals surface area contributed by atoms with Crippen molar-refractivity contribution in [2.45, 2.75) is 25.7 Å². The van der Waals surface area contributed by atoms with E-state index in [2.05, 4.69) is 24.1 Å². The monoisotopic (exact) mass is 263 g/mol. The van der Waals surface area contributed by atoms with Crippen LogP contribution in [0.25, 0.3) is 11.0 Å². The number of benzene rings is 1. The molecule has 0 aliphatic carbocycles. The van der Waals surface area contributed by atoms with Crippen LogP contribution in [0.3, 0.4) is 0 Å². The molecule has 1 aromatic carbocycles. The Labute approximate surface area is 112 Å². The first-order chi connectivity index (χ1) is 8.63. The zero-order valence-corrected chi connectivity index (χ0v) is 11.5. The highest BCUT2D eigenvalue weighted by Gasteiger charge is 2.41. The highest BCUT2D eigenvalue weighted by Crippen LogP contribution is 2.37. The standard InChI is InChI=1S/C14H18ClN3/c1-9(2)14(6-7-16-8-14)13-17-11-5-3-4-10(15)12(11)18-13/h3-5,9,16H,6-8H2,1-2H3,(H,17,18). The molecule has 1 aliphatic rings. The quantitative estimate of drug-likeness (QED) is 0.874. The van der Waals surface area contributed by atoms with Gasteiger partial charge in [-0.3, -0.25) is 0 Å². The number of hydrogen-bond donors (Lipinski definition) is 2. The van der Waals surface area contributed by atoms with Crippen molar-refractivity contribution in [3.05, 3.63) is 29.0 Å². The van der Waals surface area contributed by atoms with Crippen molar-refractivity contribution in [1.29, 1.82) is 0 Å². The van der Waals surface area contributed by atoms with Crippen molar-refractivity contribution in [2.24, 2.45) is 5.92 Å². The lowest BCUT2D eigenvalue weighted by atomic mass is 9.76. The van der Waals surface area contributed by atoms with Gasteiger partial charge in [-0.1, -0.05) is 31.5 Å². The van der Waals surface area contributed by atoms with E-state index in [1.165, 1.54) is 0 Å². The minimum atomic E-state index is 0.113. The lowest BCUT2D eigenvalue weighted by Gasteiger charge is -2.30. The summed E-state index contributed by atoms with van der Waals surface area (Å²) >= 11 is 6.20. The minimum Gasteiger partial charge on any atom is -0.341 e. The fourth-order valence-electron chi connectivity index (χ4n) is 2.91. The van der Waals surface area contributed by atoms with Gasteiger partial charge in [0.25, 0.3) is 0 Å². The van der Waals surface area contributed by atoms with Crippen molar-refractivity contribution >= 4 is 22.6 Å². The largest absolute Gasteiger partial charge is 0.341 e. The Hall–Kier alpha value is -1.06. The molecule has 96 valence electrons. The van der Waals surface area contributed by atoms with Gasteiger partial charge >= 0.3 is 0 Å². The molecule has 0 saturated carbocycles. The van der Waals surface area contributed by atoms with Gasteiger partial charge in [-0.25, -0.2) is 4.98 Å². The number of halogens is 1. The molecule has 1 saturated heterocycles. The highest BCUT2D eigenvalue weighted by atomic mass is 35.5. The van der Waals surface area contributed by atoms with Crippen molar-refractivity contribution in [3.63, 3.8) is 0 Å². The summed E-state index contributed by atoms with van der Waals surface area (Å²) in [6.07, 6.45) is 1.13. The molecule has 1 fully saturated rings. The summed E-state index contributed by atoms with van der Waals surface area (Å²) in [7, 11) is 0. The Balaban J connectivity index is 2.16. The fraction of sp³-hybridized carbons (Fsp3) is 0.500. The maximum absolute atomic E-state index is 6.20. The molecule has 1 aliphatic heterocycles. The first-order valence-electron chi connectivity index (χ1n) is 6.49. The van der Waals surface area contributed by atoms with Crippen LogP contribution in [0.2, 0.25) is 5.02 Å². The molecule has 1 aromatic heterocycles. The number of rotatable bonds is 2. The van der Waals surface area contributed by atoms with E-state index in [0.29, 0.717) is 5.92 Å². The first kappa shape index (κ1) is 12.0. The van der Waals surface area contributed by atoms with E-state index in [9.17, 15) is 0 Å². The molecular formula is C14H18ClN3. The van der Waals surface area contributed by atoms with E-state index in [4.69, 9.17) is 16.6 Å². The lowest BCUT2D eigenvalue weighted by Crippen LogP contribution is -2.35. The van der Waals surface area contributed by atoms with Crippen molar-refractivity contribution < 1.29 is 0 Å².